The Morgan fingerprint density at radius 1 is 1.64 bits per heavy atom. The van der Waals surface area contributed by atoms with Crippen molar-refractivity contribution in [3.8, 4) is 0 Å². The number of hydrogen-bond acceptors (Lipinski definition) is 5. The molecular weight excluding hydrogens is 186 g/mol. The maximum Gasteiger partial charge on any atom is 1.00 e. The molecule has 8 heteroatoms. The monoisotopic (exact) mass is 194 g/mol. The van der Waals surface area contributed by atoms with Crippen molar-refractivity contribution in [3.63, 3.8) is 0 Å². The van der Waals surface area contributed by atoms with Gasteiger partial charge in [0.25, 0.3) is 7.82 Å². The molecule has 3 N–H and O–H groups in total. The fourth-order valence-electron chi connectivity index (χ4n) is 0.233. The maximum absolute atomic E-state index is 9.82. The molecule has 0 aromatic rings. The minimum absolute atomic E-state index is 0. The molecule has 62 valence electrons. The first-order valence-corrected chi connectivity index (χ1v) is 3.92. The van der Waals surface area contributed by atoms with Gasteiger partial charge in [0.15, 0.2) is 0 Å². The Morgan fingerprint density at radius 2 is 2.09 bits per heavy atom. The van der Waals surface area contributed by atoms with Crippen LogP contribution >= 0.6 is 7.82 Å². The van der Waals surface area contributed by atoms with Gasteiger partial charge in [0, 0.05) is 0 Å². The Morgan fingerprint density at radius 3 is 2.36 bits per heavy atom. The van der Waals surface area contributed by atoms with Gasteiger partial charge in [0.1, 0.15) is 6.10 Å². The van der Waals surface area contributed by atoms with Crippen molar-refractivity contribution < 1.29 is 58.6 Å². The average Bonchev–Trinajstić information content (AvgIpc) is 1.81. The maximum atomic E-state index is 9.82. The van der Waals surface area contributed by atoms with Gasteiger partial charge in [-0.1, -0.05) is 0 Å². The van der Waals surface area contributed by atoms with E-state index >= 15 is 0 Å². The predicted molar refractivity (Wildman–Crippen MR) is 28.9 cm³/mol. The van der Waals surface area contributed by atoms with Crippen molar-refractivity contribution >= 4 is 7.82 Å². The first-order chi connectivity index (χ1) is 4.45. The van der Waals surface area contributed by atoms with Gasteiger partial charge in [-0.25, -0.2) is 0 Å². The van der Waals surface area contributed by atoms with E-state index < -0.39 is 27.1 Å². The summed E-state index contributed by atoms with van der Waals surface area (Å²) < 4.78 is 13.5. The van der Waals surface area contributed by atoms with Crippen LogP contribution < -0.4 is 34.5 Å². The molecule has 0 fully saturated rings. The van der Waals surface area contributed by atoms with E-state index in [-0.39, 0.29) is 29.6 Å². The second-order valence-corrected chi connectivity index (χ2v) is 2.80. The number of phosphoric ester groups is 1. The molecule has 1 unspecified atom stereocenters. The van der Waals surface area contributed by atoms with E-state index in [1.54, 1.807) is 0 Å². The van der Waals surface area contributed by atoms with Crippen LogP contribution in [0.4, 0.5) is 0 Å². The van der Waals surface area contributed by atoms with Gasteiger partial charge in [-0.05, 0) is 0 Å². The summed E-state index contributed by atoms with van der Waals surface area (Å²) in [7, 11) is -4.75. The van der Waals surface area contributed by atoms with Crippen LogP contribution in [0.15, 0.2) is 0 Å². The topological polar surface area (TPSA) is 110 Å². The number of phosphoric acid groups is 1. The normalized spacial score (nSPS) is 18.2. The van der Waals surface area contributed by atoms with Crippen molar-refractivity contribution in [3.05, 3.63) is 0 Å². The molecule has 0 spiro atoms. The molecule has 0 heterocycles. The molecule has 0 saturated carbocycles. The van der Waals surface area contributed by atoms with E-state index in [9.17, 15) is 9.46 Å². The first-order valence-electron chi connectivity index (χ1n) is 2.43. The molecule has 0 saturated heterocycles. The molecule has 6 nitrogen and oxygen atoms in total. The molecule has 0 aromatic heterocycles. The molecule has 2 atom stereocenters. The average molecular weight is 194 g/mol. The Labute approximate surface area is 85.7 Å². The van der Waals surface area contributed by atoms with E-state index in [1.807, 2.05) is 0 Å². The van der Waals surface area contributed by atoms with Crippen LogP contribution in [-0.2, 0) is 9.09 Å². The summed E-state index contributed by atoms with van der Waals surface area (Å²) >= 11 is 0. The van der Waals surface area contributed by atoms with Crippen molar-refractivity contribution in [1.82, 2.24) is 0 Å². The van der Waals surface area contributed by atoms with Gasteiger partial charge in [-0.15, -0.1) is 0 Å². The number of aliphatic hydroxyl groups excluding tert-OH is 2. The summed E-state index contributed by atoms with van der Waals surface area (Å²) in [4.78, 5) is 17.8. The third-order valence-electron chi connectivity index (χ3n) is 0.641. The molecule has 0 aliphatic rings. The predicted octanol–water partition coefficient (Wildman–Crippen LogP) is -5.18. The van der Waals surface area contributed by atoms with Crippen LogP contribution in [0, 0.1) is 0 Å². The molecule has 0 aliphatic heterocycles. The Kier molecular flexibility index (Phi) is 8.64. The van der Waals surface area contributed by atoms with Gasteiger partial charge in [-0.3, -0.25) is 4.57 Å². The summed E-state index contributed by atoms with van der Waals surface area (Å²) in [6.07, 6.45) is -1.28. The molecule has 11 heavy (non-hydrogen) atoms. The zero-order valence-electron chi connectivity index (χ0n) is 6.01. The summed E-state index contributed by atoms with van der Waals surface area (Å²) in [5.74, 6) is 0. The zero-order chi connectivity index (χ0) is 8.20. The van der Waals surface area contributed by atoms with Crippen LogP contribution in [0.25, 0.3) is 0 Å². The van der Waals surface area contributed by atoms with E-state index in [4.69, 9.17) is 15.1 Å². The van der Waals surface area contributed by atoms with E-state index in [2.05, 4.69) is 4.52 Å². The zero-order valence-corrected chi connectivity index (χ0v) is 8.90. The van der Waals surface area contributed by atoms with Crippen LogP contribution in [0.5, 0.6) is 0 Å². The van der Waals surface area contributed by atoms with E-state index in [0.29, 0.717) is 0 Å². The van der Waals surface area contributed by atoms with Crippen molar-refractivity contribution in [2.75, 3.05) is 13.2 Å². The second kappa shape index (κ2) is 6.54. The minimum atomic E-state index is -4.75. The fourth-order valence-corrected chi connectivity index (χ4v) is 0.593. The molecule has 0 radical (unpaired) electrons. The Balaban J connectivity index is 0. The van der Waals surface area contributed by atoms with Crippen molar-refractivity contribution in [1.29, 1.82) is 0 Å². The van der Waals surface area contributed by atoms with Gasteiger partial charge >= 0.3 is 29.6 Å². The summed E-state index contributed by atoms with van der Waals surface area (Å²) in [5, 5.41) is 16.6. The summed E-state index contributed by atoms with van der Waals surface area (Å²) in [5.41, 5.74) is 0. The Bertz CT molecular complexity index is 134. The summed E-state index contributed by atoms with van der Waals surface area (Å²) in [6, 6.07) is 0. The minimum Gasteiger partial charge on any atom is -0.756 e. The van der Waals surface area contributed by atoms with Crippen LogP contribution in [0.1, 0.15) is 0 Å². The smallest absolute Gasteiger partial charge is 0.756 e. The standard InChI is InChI=1S/C3H9O6P.Na/c4-1-3(5)2-9-10(6,7)8;/h3-5H,1-2H2,(H2,6,7,8);/q;+1/p-1/t3-;/m1./s1. The van der Waals surface area contributed by atoms with Gasteiger partial charge < -0.3 is 24.5 Å². The number of rotatable bonds is 4. The van der Waals surface area contributed by atoms with Gasteiger partial charge in [-0.2, -0.15) is 0 Å². The van der Waals surface area contributed by atoms with Crippen LogP contribution in [0.3, 0.4) is 0 Å². The van der Waals surface area contributed by atoms with Gasteiger partial charge in [0.05, 0.1) is 13.2 Å². The molecule has 0 bridgehead atoms. The summed E-state index contributed by atoms with van der Waals surface area (Å²) in [6.45, 7) is -1.24. The molecule has 0 aromatic carbocycles. The van der Waals surface area contributed by atoms with Crippen molar-refractivity contribution in [2.24, 2.45) is 0 Å². The first kappa shape index (κ1) is 14.5. The SMILES string of the molecule is O=P([O-])(O)OC[C@H](O)CO.[Na+]. The van der Waals surface area contributed by atoms with E-state index in [0.717, 1.165) is 0 Å². The quantitative estimate of drug-likeness (QED) is 0.305. The molecule has 0 aliphatic carbocycles. The third kappa shape index (κ3) is 11.0. The van der Waals surface area contributed by atoms with Gasteiger partial charge in [0.2, 0.25) is 0 Å². The van der Waals surface area contributed by atoms with E-state index in [1.165, 1.54) is 0 Å². The fraction of sp³-hybridized carbons (Fsp3) is 1.00. The molecule has 0 amide bonds. The number of aliphatic hydroxyl groups is 2. The largest absolute Gasteiger partial charge is 1.00 e. The third-order valence-corrected chi connectivity index (χ3v) is 1.12. The van der Waals surface area contributed by atoms with Crippen LogP contribution in [-0.4, -0.2) is 34.4 Å². The molecular formula is C3H8NaO6P. The Hall–Kier alpha value is 1.03. The molecule has 0 rings (SSSR count). The van der Waals surface area contributed by atoms with Crippen LogP contribution in [0.2, 0.25) is 0 Å². The second-order valence-electron chi connectivity index (χ2n) is 1.60. The van der Waals surface area contributed by atoms with Crippen molar-refractivity contribution in [2.45, 2.75) is 6.10 Å². The number of hydrogen-bond donors (Lipinski definition) is 3.